The highest BCUT2D eigenvalue weighted by Gasteiger charge is 2.02. The summed E-state index contributed by atoms with van der Waals surface area (Å²) in [6, 6.07) is 10.4. The van der Waals surface area contributed by atoms with Gasteiger partial charge < -0.3 is 10.4 Å². The molecular formula is C16H23NO3. The highest BCUT2D eigenvalue weighted by Crippen LogP contribution is 2.08. The molecule has 20 heavy (non-hydrogen) atoms. The van der Waals surface area contributed by atoms with E-state index in [2.05, 4.69) is 29.6 Å². The Morgan fingerprint density at radius 1 is 0.950 bits per heavy atom. The summed E-state index contributed by atoms with van der Waals surface area (Å²) in [6.45, 7) is 0.224. The van der Waals surface area contributed by atoms with Crippen molar-refractivity contribution in [1.29, 1.82) is 0 Å². The van der Waals surface area contributed by atoms with Crippen LogP contribution in [0.4, 0.5) is 0 Å². The number of hydrogen-bond acceptors (Lipinski definition) is 2. The number of amides is 1. The summed E-state index contributed by atoms with van der Waals surface area (Å²) in [4.78, 5) is 21.7. The molecule has 4 nitrogen and oxygen atoms in total. The predicted molar refractivity (Wildman–Crippen MR) is 78.5 cm³/mol. The first kappa shape index (κ1) is 16.2. The van der Waals surface area contributed by atoms with Crippen LogP contribution >= 0.6 is 0 Å². The first-order valence-electron chi connectivity index (χ1n) is 7.21. The predicted octanol–water partition coefficient (Wildman–Crippen LogP) is 2.77. The molecule has 1 aromatic rings. The molecule has 0 saturated heterocycles. The maximum absolute atomic E-state index is 11.4. The minimum absolute atomic E-state index is 0.0111. The van der Waals surface area contributed by atoms with Crippen molar-refractivity contribution in [2.24, 2.45) is 0 Å². The number of aryl methyl sites for hydroxylation is 1. The first-order valence-corrected chi connectivity index (χ1v) is 7.21. The Labute approximate surface area is 120 Å². The molecule has 0 heterocycles. The van der Waals surface area contributed by atoms with Gasteiger partial charge in [0.25, 0.3) is 0 Å². The number of carboxylic acids is 1. The van der Waals surface area contributed by atoms with Crippen molar-refractivity contribution in [3.05, 3.63) is 35.9 Å². The summed E-state index contributed by atoms with van der Waals surface area (Å²) in [7, 11) is 0. The van der Waals surface area contributed by atoms with Gasteiger partial charge in [-0.2, -0.15) is 0 Å². The van der Waals surface area contributed by atoms with Crippen LogP contribution in [0, 0.1) is 0 Å². The number of aliphatic carboxylic acids is 1. The van der Waals surface area contributed by atoms with Crippen molar-refractivity contribution >= 4 is 11.9 Å². The second-order valence-electron chi connectivity index (χ2n) is 4.89. The Morgan fingerprint density at radius 3 is 2.35 bits per heavy atom. The lowest BCUT2D eigenvalue weighted by atomic mass is 10.1. The molecule has 0 bridgehead atoms. The van der Waals surface area contributed by atoms with Gasteiger partial charge in [-0.15, -0.1) is 0 Å². The number of rotatable bonds is 10. The van der Waals surface area contributed by atoms with E-state index in [1.165, 1.54) is 5.56 Å². The van der Waals surface area contributed by atoms with Gasteiger partial charge in [0.1, 0.15) is 0 Å². The lowest BCUT2D eigenvalue weighted by Gasteiger charge is -2.04. The van der Waals surface area contributed by atoms with Gasteiger partial charge in [0.05, 0.1) is 6.42 Å². The number of nitrogens with one attached hydrogen (secondary N) is 1. The average molecular weight is 277 g/mol. The van der Waals surface area contributed by atoms with Gasteiger partial charge in [0, 0.05) is 13.0 Å². The highest BCUT2D eigenvalue weighted by molar-refractivity contribution is 5.76. The fraction of sp³-hybridized carbons (Fsp3) is 0.500. The summed E-state index contributed by atoms with van der Waals surface area (Å²) in [5, 5.41) is 11.1. The van der Waals surface area contributed by atoms with Crippen LogP contribution < -0.4 is 5.32 Å². The van der Waals surface area contributed by atoms with Gasteiger partial charge >= 0.3 is 5.97 Å². The number of benzene rings is 1. The quantitative estimate of drug-likeness (QED) is 0.646. The van der Waals surface area contributed by atoms with E-state index in [0.29, 0.717) is 6.42 Å². The normalized spacial score (nSPS) is 10.2. The molecule has 0 unspecified atom stereocenters. The third-order valence-electron chi connectivity index (χ3n) is 3.12. The zero-order valence-corrected chi connectivity index (χ0v) is 11.8. The lowest BCUT2D eigenvalue weighted by molar-refractivity contribution is -0.136. The fourth-order valence-electron chi connectivity index (χ4n) is 2.01. The standard InChI is InChI=1S/C16H23NO3/c18-15(17-13-12-16(19)20)11-7-2-1-4-8-14-9-5-3-6-10-14/h3,5-6,9-10H,1-2,4,7-8,11-13H2,(H,17,18)(H,19,20). The number of unbranched alkanes of at least 4 members (excludes halogenated alkanes) is 3. The van der Waals surface area contributed by atoms with Crippen LogP contribution in [0.3, 0.4) is 0 Å². The topological polar surface area (TPSA) is 66.4 Å². The van der Waals surface area contributed by atoms with Crippen LogP contribution in [0.25, 0.3) is 0 Å². The Hall–Kier alpha value is -1.84. The van der Waals surface area contributed by atoms with E-state index in [1.54, 1.807) is 0 Å². The van der Waals surface area contributed by atoms with Crippen molar-refractivity contribution in [1.82, 2.24) is 5.32 Å². The van der Waals surface area contributed by atoms with E-state index in [-0.39, 0.29) is 18.9 Å². The molecule has 1 rings (SSSR count). The van der Waals surface area contributed by atoms with E-state index in [4.69, 9.17) is 5.11 Å². The largest absolute Gasteiger partial charge is 0.481 e. The van der Waals surface area contributed by atoms with Crippen LogP contribution in [0.15, 0.2) is 30.3 Å². The highest BCUT2D eigenvalue weighted by atomic mass is 16.4. The van der Waals surface area contributed by atoms with Gasteiger partial charge in [-0.1, -0.05) is 43.2 Å². The summed E-state index contributed by atoms with van der Waals surface area (Å²) in [6.07, 6.45) is 5.74. The monoisotopic (exact) mass is 277 g/mol. The first-order chi connectivity index (χ1) is 9.68. The molecule has 0 spiro atoms. The summed E-state index contributed by atoms with van der Waals surface area (Å²) in [5.74, 6) is -0.930. The molecular weight excluding hydrogens is 254 g/mol. The van der Waals surface area contributed by atoms with Gasteiger partial charge in [0.2, 0.25) is 5.91 Å². The maximum atomic E-state index is 11.4. The molecule has 0 saturated carbocycles. The zero-order valence-electron chi connectivity index (χ0n) is 11.8. The zero-order chi connectivity index (χ0) is 14.6. The molecule has 1 aromatic carbocycles. The number of carbonyl (C=O) groups is 2. The molecule has 0 atom stereocenters. The van der Waals surface area contributed by atoms with Crippen LogP contribution in [-0.4, -0.2) is 23.5 Å². The van der Waals surface area contributed by atoms with Gasteiger partial charge in [-0.3, -0.25) is 9.59 Å². The van der Waals surface area contributed by atoms with E-state index >= 15 is 0 Å². The van der Waals surface area contributed by atoms with Gasteiger partial charge in [0.15, 0.2) is 0 Å². The van der Waals surface area contributed by atoms with E-state index in [9.17, 15) is 9.59 Å². The van der Waals surface area contributed by atoms with E-state index < -0.39 is 5.97 Å². The van der Waals surface area contributed by atoms with Crippen LogP contribution in [-0.2, 0) is 16.0 Å². The Kier molecular flexibility index (Phi) is 8.11. The Balaban J connectivity index is 1.94. The summed E-state index contributed by atoms with van der Waals surface area (Å²) >= 11 is 0. The number of carbonyl (C=O) groups excluding carboxylic acids is 1. The van der Waals surface area contributed by atoms with Gasteiger partial charge in [-0.25, -0.2) is 0 Å². The minimum atomic E-state index is -0.883. The third kappa shape index (κ3) is 8.29. The second-order valence-corrected chi connectivity index (χ2v) is 4.89. The maximum Gasteiger partial charge on any atom is 0.305 e. The molecule has 1 amide bonds. The van der Waals surface area contributed by atoms with Crippen LogP contribution in [0.1, 0.15) is 44.1 Å². The smallest absolute Gasteiger partial charge is 0.305 e. The number of hydrogen-bond donors (Lipinski definition) is 2. The van der Waals surface area contributed by atoms with E-state index in [1.807, 2.05) is 6.07 Å². The minimum Gasteiger partial charge on any atom is -0.481 e. The summed E-state index contributed by atoms with van der Waals surface area (Å²) in [5.41, 5.74) is 1.36. The molecule has 4 heteroatoms. The second kappa shape index (κ2) is 10.0. The summed E-state index contributed by atoms with van der Waals surface area (Å²) < 4.78 is 0. The van der Waals surface area contributed by atoms with Gasteiger partial charge in [-0.05, 0) is 24.8 Å². The fourth-order valence-corrected chi connectivity index (χ4v) is 2.01. The third-order valence-corrected chi connectivity index (χ3v) is 3.12. The molecule has 2 N–H and O–H groups in total. The lowest BCUT2D eigenvalue weighted by Crippen LogP contribution is -2.25. The van der Waals surface area contributed by atoms with Crippen molar-refractivity contribution < 1.29 is 14.7 Å². The van der Waals surface area contributed by atoms with Crippen LogP contribution in [0.5, 0.6) is 0 Å². The van der Waals surface area contributed by atoms with Crippen molar-refractivity contribution in [3.63, 3.8) is 0 Å². The number of carboxylic acid groups (broad SMARTS) is 1. The average Bonchev–Trinajstić information content (AvgIpc) is 2.43. The molecule has 0 radical (unpaired) electrons. The van der Waals surface area contributed by atoms with Crippen molar-refractivity contribution in [2.75, 3.05) is 6.54 Å². The van der Waals surface area contributed by atoms with Crippen LogP contribution in [0.2, 0.25) is 0 Å². The molecule has 0 aromatic heterocycles. The Morgan fingerprint density at radius 2 is 1.65 bits per heavy atom. The molecule has 110 valence electrons. The Bertz CT molecular complexity index is 403. The van der Waals surface area contributed by atoms with Crippen molar-refractivity contribution in [3.8, 4) is 0 Å². The molecule has 0 aliphatic rings. The molecule has 0 aliphatic heterocycles. The van der Waals surface area contributed by atoms with Crippen molar-refractivity contribution in [2.45, 2.75) is 44.9 Å². The SMILES string of the molecule is O=C(O)CCNC(=O)CCCCCCc1ccccc1. The molecule has 0 aliphatic carbocycles. The van der Waals surface area contributed by atoms with E-state index in [0.717, 1.165) is 32.1 Å². The molecule has 0 fully saturated rings.